The largest absolute Gasteiger partial charge is 0.319 e. The molecule has 4 rings (SSSR count). The highest BCUT2D eigenvalue weighted by Crippen LogP contribution is 2.32. The Hall–Kier alpha value is -2.84. The average Bonchev–Trinajstić information content (AvgIpc) is 3.27. The third-order valence-electron chi connectivity index (χ3n) is 4.69. The normalized spacial score (nSPS) is 15.7. The lowest BCUT2D eigenvalue weighted by atomic mass is 9.96. The Morgan fingerprint density at radius 1 is 1.27 bits per heavy atom. The molecule has 1 amide bonds. The van der Waals surface area contributed by atoms with Crippen LogP contribution in [0.25, 0.3) is 5.65 Å². The van der Waals surface area contributed by atoms with Gasteiger partial charge in [0.25, 0.3) is 12.3 Å². The number of hydrogen-bond acceptors (Lipinski definition) is 4. The lowest BCUT2D eigenvalue weighted by molar-refractivity contribution is 0.102. The number of fused-ring (bicyclic) bond motifs is 1. The van der Waals surface area contributed by atoms with Gasteiger partial charge in [0.05, 0.1) is 17.9 Å². The van der Waals surface area contributed by atoms with Gasteiger partial charge < -0.3 is 5.32 Å². The number of anilines is 1. The molecule has 0 bridgehead atoms. The van der Waals surface area contributed by atoms with Crippen LogP contribution in [0.2, 0.25) is 0 Å². The van der Waals surface area contributed by atoms with Crippen molar-refractivity contribution in [2.45, 2.75) is 44.6 Å². The first kappa shape index (κ1) is 16.6. The van der Waals surface area contributed by atoms with E-state index in [9.17, 15) is 13.6 Å². The summed E-state index contributed by atoms with van der Waals surface area (Å²) in [7, 11) is 0. The number of halogens is 2. The summed E-state index contributed by atoms with van der Waals surface area (Å²) in [4.78, 5) is 16.7. The molecule has 3 heterocycles. The fourth-order valence-electron chi connectivity index (χ4n) is 3.37. The molecule has 1 aliphatic rings. The maximum Gasteiger partial charge on any atom is 0.284 e. The van der Waals surface area contributed by atoms with Gasteiger partial charge in [-0.05, 0) is 18.9 Å². The number of aromatic nitrogens is 5. The van der Waals surface area contributed by atoms with Crippen LogP contribution in [-0.2, 0) is 0 Å². The first-order chi connectivity index (χ1) is 12.6. The van der Waals surface area contributed by atoms with E-state index in [1.165, 1.54) is 16.9 Å². The van der Waals surface area contributed by atoms with Crippen LogP contribution >= 0.6 is 0 Å². The molecule has 0 aliphatic heterocycles. The zero-order valence-electron chi connectivity index (χ0n) is 14.0. The van der Waals surface area contributed by atoms with Crippen molar-refractivity contribution in [2.75, 3.05) is 5.32 Å². The number of nitrogens with one attached hydrogen (secondary N) is 1. The third kappa shape index (κ3) is 3.04. The summed E-state index contributed by atoms with van der Waals surface area (Å²) in [6.45, 7) is 0. The summed E-state index contributed by atoms with van der Waals surface area (Å²) in [5, 5.41) is 10.6. The minimum Gasteiger partial charge on any atom is -0.319 e. The molecule has 0 saturated heterocycles. The number of nitrogens with zero attached hydrogens (tertiary/aromatic N) is 5. The van der Waals surface area contributed by atoms with Gasteiger partial charge in [0.1, 0.15) is 5.56 Å². The van der Waals surface area contributed by atoms with Crippen LogP contribution in [0, 0.1) is 0 Å². The molecule has 0 radical (unpaired) electrons. The highest BCUT2D eigenvalue weighted by atomic mass is 19.3. The van der Waals surface area contributed by atoms with E-state index in [1.54, 1.807) is 23.1 Å². The van der Waals surface area contributed by atoms with Crippen molar-refractivity contribution in [1.82, 2.24) is 24.4 Å². The molecule has 0 atom stereocenters. The predicted molar refractivity (Wildman–Crippen MR) is 90.2 cm³/mol. The molecule has 3 aromatic heterocycles. The Morgan fingerprint density at radius 2 is 2.08 bits per heavy atom. The number of hydrogen-bond donors (Lipinski definition) is 1. The van der Waals surface area contributed by atoms with Crippen molar-refractivity contribution in [3.8, 4) is 0 Å². The fourth-order valence-corrected chi connectivity index (χ4v) is 3.37. The summed E-state index contributed by atoms with van der Waals surface area (Å²) < 4.78 is 29.8. The van der Waals surface area contributed by atoms with Gasteiger partial charge in [0.2, 0.25) is 0 Å². The molecule has 1 fully saturated rings. The maximum absolute atomic E-state index is 13.4. The van der Waals surface area contributed by atoms with E-state index >= 15 is 0 Å². The second kappa shape index (κ2) is 6.81. The quantitative estimate of drug-likeness (QED) is 0.771. The van der Waals surface area contributed by atoms with Gasteiger partial charge >= 0.3 is 0 Å². The standard InChI is InChI=1S/C17H18F2N6O/c18-15(19)14-13(10-25(23-14)11-5-2-1-3-6-11)22-17(26)12-9-21-24-8-4-7-20-16(12)24/h4,7-11,15H,1-3,5-6H2,(H,22,26). The molecule has 26 heavy (non-hydrogen) atoms. The minimum absolute atomic E-state index is 0.0332. The summed E-state index contributed by atoms with van der Waals surface area (Å²) >= 11 is 0. The molecule has 1 aliphatic carbocycles. The summed E-state index contributed by atoms with van der Waals surface area (Å²) in [5.41, 5.74) is 0.207. The van der Waals surface area contributed by atoms with Gasteiger partial charge in [-0.15, -0.1) is 0 Å². The van der Waals surface area contributed by atoms with E-state index in [1.807, 2.05) is 0 Å². The van der Waals surface area contributed by atoms with E-state index in [0.717, 1.165) is 32.1 Å². The first-order valence-electron chi connectivity index (χ1n) is 8.60. The minimum atomic E-state index is -2.77. The van der Waals surface area contributed by atoms with Crippen molar-refractivity contribution in [2.24, 2.45) is 0 Å². The molecule has 0 spiro atoms. The smallest absolute Gasteiger partial charge is 0.284 e. The van der Waals surface area contributed by atoms with Crippen LogP contribution in [0.1, 0.15) is 60.6 Å². The summed E-state index contributed by atoms with van der Waals surface area (Å²) in [5.74, 6) is -0.538. The Balaban J connectivity index is 1.62. The molecule has 0 aromatic carbocycles. The Labute approximate surface area is 148 Å². The van der Waals surface area contributed by atoms with Gasteiger partial charge in [-0.2, -0.15) is 10.2 Å². The van der Waals surface area contributed by atoms with Crippen molar-refractivity contribution in [3.63, 3.8) is 0 Å². The molecule has 0 unspecified atom stereocenters. The summed E-state index contributed by atoms with van der Waals surface area (Å²) in [6, 6.07) is 1.79. The van der Waals surface area contributed by atoms with Gasteiger partial charge in [-0.3, -0.25) is 9.48 Å². The van der Waals surface area contributed by atoms with Crippen LogP contribution in [0.4, 0.5) is 14.5 Å². The van der Waals surface area contributed by atoms with Crippen LogP contribution in [0.15, 0.2) is 30.9 Å². The maximum atomic E-state index is 13.4. The Morgan fingerprint density at radius 3 is 2.85 bits per heavy atom. The van der Waals surface area contributed by atoms with Crippen molar-refractivity contribution < 1.29 is 13.6 Å². The Bertz CT molecular complexity index is 928. The molecule has 1 saturated carbocycles. The lowest BCUT2D eigenvalue weighted by Crippen LogP contribution is -2.13. The van der Waals surface area contributed by atoms with E-state index in [2.05, 4.69) is 20.5 Å². The van der Waals surface area contributed by atoms with E-state index < -0.39 is 18.0 Å². The fraction of sp³-hybridized carbons (Fsp3) is 0.412. The van der Waals surface area contributed by atoms with Crippen molar-refractivity contribution in [1.29, 1.82) is 0 Å². The van der Waals surface area contributed by atoms with Gasteiger partial charge in [0.15, 0.2) is 11.3 Å². The molecular formula is C17H18F2N6O. The lowest BCUT2D eigenvalue weighted by Gasteiger charge is -2.21. The van der Waals surface area contributed by atoms with Crippen LogP contribution < -0.4 is 5.32 Å². The van der Waals surface area contributed by atoms with E-state index in [4.69, 9.17) is 0 Å². The number of rotatable bonds is 4. The van der Waals surface area contributed by atoms with Crippen LogP contribution in [0.3, 0.4) is 0 Å². The van der Waals surface area contributed by atoms with Gasteiger partial charge in [-0.25, -0.2) is 18.3 Å². The monoisotopic (exact) mass is 360 g/mol. The molecular weight excluding hydrogens is 342 g/mol. The number of amides is 1. The van der Waals surface area contributed by atoms with Crippen LogP contribution in [0.5, 0.6) is 0 Å². The highest BCUT2D eigenvalue weighted by molar-refractivity contribution is 6.08. The number of alkyl halides is 2. The highest BCUT2D eigenvalue weighted by Gasteiger charge is 2.25. The van der Waals surface area contributed by atoms with E-state index in [0.29, 0.717) is 5.65 Å². The molecule has 3 aromatic rings. The van der Waals surface area contributed by atoms with Gasteiger partial charge in [0, 0.05) is 18.6 Å². The topological polar surface area (TPSA) is 77.1 Å². The molecule has 1 N–H and O–H groups in total. The van der Waals surface area contributed by atoms with E-state index in [-0.39, 0.29) is 17.3 Å². The second-order valence-electron chi connectivity index (χ2n) is 6.40. The third-order valence-corrected chi connectivity index (χ3v) is 4.69. The second-order valence-corrected chi connectivity index (χ2v) is 6.40. The average molecular weight is 360 g/mol. The number of carbonyl (C=O) groups is 1. The molecule has 9 heteroatoms. The van der Waals surface area contributed by atoms with Crippen LogP contribution in [-0.4, -0.2) is 30.3 Å². The molecule has 136 valence electrons. The van der Waals surface area contributed by atoms with Crippen molar-refractivity contribution >= 4 is 17.2 Å². The zero-order valence-corrected chi connectivity index (χ0v) is 14.0. The Kier molecular flexibility index (Phi) is 4.36. The number of carbonyl (C=O) groups excluding carboxylic acids is 1. The summed E-state index contributed by atoms with van der Waals surface area (Å²) in [6.07, 6.45) is 8.41. The zero-order chi connectivity index (χ0) is 18.1. The predicted octanol–water partition coefficient (Wildman–Crippen LogP) is 3.62. The first-order valence-corrected chi connectivity index (χ1v) is 8.60. The van der Waals surface area contributed by atoms with Crippen molar-refractivity contribution in [3.05, 3.63) is 42.1 Å². The SMILES string of the molecule is O=C(Nc1cn(C2CCCCC2)nc1C(F)F)c1cnn2cccnc12. The van der Waals surface area contributed by atoms with Gasteiger partial charge in [-0.1, -0.05) is 19.3 Å². The molecule has 7 nitrogen and oxygen atoms in total.